The summed E-state index contributed by atoms with van der Waals surface area (Å²) in [6.07, 6.45) is 6.47. The molecule has 11 heteroatoms. The van der Waals surface area contributed by atoms with Crippen LogP contribution >= 0.6 is 0 Å². The highest BCUT2D eigenvalue weighted by Crippen LogP contribution is 2.24. The van der Waals surface area contributed by atoms with Crippen molar-refractivity contribution in [3.63, 3.8) is 0 Å². The lowest BCUT2D eigenvalue weighted by Gasteiger charge is -2.26. The highest BCUT2D eigenvalue weighted by molar-refractivity contribution is 7.89. The van der Waals surface area contributed by atoms with E-state index in [1.807, 2.05) is 6.07 Å². The fourth-order valence-electron chi connectivity index (χ4n) is 3.51. The molecule has 0 atom stereocenters. The third kappa shape index (κ3) is 5.42. The van der Waals surface area contributed by atoms with Gasteiger partial charge in [-0.2, -0.15) is 9.29 Å². The first-order valence-electron chi connectivity index (χ1n) is 10.6. The molecule has 1 saturated heterocycles. The van der Waals surface area contributed by atoms with Crippen LogP contribution in [0.25, 0.3) is 11.4 Å². The zero-order valence-corrected chi connectivity index (χ0v) is 18.6. The molecule has 0 aliphatic carbocycles. The Bertz CT molecular complexity index is 1210. The molecule has 0 bridgehead atoms. The highest BCUT2D eigenvalue weighted by atomic mass is 32.2. The van der Waals surface area contributed by atoms with Crippen molar-refractivity contribution >= 4 is 16.0 Å². The lowest BCUT2D eigenvalue weighted by Crippen LogP contribution is -2.36. The number of esters is 1. The number of halogens is 1. The fraction of sp³-hybridized carbons (Fsp3) is 0.364. The Labute approximate surface area is 190 Å². The predicted molar refractivity (Wildman–Crippen MR) is 115 cm³/mol. The monoisotopic (exact) mass is 474 g/mol. The van der Waals surface area contributed by atoms with Crippen molar-refractivity contribution in [1.82, 2.24) is 19.4 Å². The van der Waals surface area contributed by atoms with E-state index in [1.54, 1.807) is 18.5 Å². The van der Waals surface area contributed by atoms with Gasteiger partial charge in [0.2, 0.25) is 21.7 Å². The van der Waals surface area contributed by atoms with Crippen LogP contribution in [-0.2, 0) is 21.2 Å². The van der Waals surface area contributed by atoms with Crippen LogP contribution in [0, 0.1) is 5.82 Å². The Morgan fingerprint density at radius 1 is 1.18 bits per heavy atom. The summed E-state index contributed by atoms with van der Waals surface area (Å²) in [7, 11) is -4.01. The standard InChI is InChI=1S/C22H23FN4O5S/c23-18-9-8-16(14-19(18)33(29,30)27-11-2-1-3-12-27)22(28)31-13-5-7-20-25-21(26-32-20)17-6-4-10-24-15-17/h4,6,8-10,14-15H,1-3,5,7,11-13H2. The number of hydrogen-bond acceptors (Lipinski definition) is 8. The molecule has 0 spiro atoms. The van der Waals surface area contributed by atoms with Crippen LogP contribution < -0.4 is 0 Å². The molecule has 0 radical (unpaired) electrons. The van der Waals surface area contributed by atoms with Gasteiger partial charge in [0.15, 0.2) is 0 Å². The second kappa shape index (κ2) is 10.2. The van der Waals surface area contributed by atoms with Gasteiger partial charge in [-0.25, -0.2) is 17.6 Å². The molecule has 33 heavy (non-hydrogen) atoms. The molecule has 9 nitrogen and oxygen atoms in total. The van der Waals surface area contributed by atoms with Gasteiger partial charge in [0.1, 0.15) is 10.7 Å². The van der Waals surface area contributed by atoms with Gasteiger partial charge < -0.3 is 9.26 Å². The third-order valence-corrected chi connectivity index (χ3v) is 7.17. The molecule has 0 amide bonds. The van der Waals surface area contributed by atoms with Crippen molar-refractivity contribution in [2.45, 2.75) is 37.0 Å². The lowest BCUT2D eigenvalue weighted by molar-refractivity contribution is 0.0498. The number of aryl methyl sites for hydroxylation is 1. The maximum absolute atomic E-state index is 14.3. The first-order chi connectivity index (χ1) is 15.9. The van der Waals surface area contributed by atoms with Crippen molar-refractivity contribution in [2.75, 3.05) is 19.7 Å². The van der Waals surface area contributed by atoms with E-state index in [0.717, 1.165) is 37.0 Å². The van der Waals surface area contributed by atoms with E-state index < -0.39 is 26.7 Å². The first kappa shape index (κ1) is 23.0. The van der Waals surface area contributed by atoms with E-state index in [0.29, 0.717) is 37.6 Å². The molecule has 3 aromatic rings. The molecule has 1 aliphatic heterocycles. The topological polar surface area (TPSA) is 115 Å². The molecule has 3 heterocycles. The predicted octanol–water partition coefficient (Wildman–Crippen LogP) is 3.23. The number of carbonyl (C=O) groups excluding carboxylic acids is 1. The van der Waals surface area contributed by atoms with Crippen molar-refractivity contribution in [1.29, 1.82) is 0 Å². The Morgan fingerprint density at radius 2 is 2.00 bits per heavy atom. The highest BCUT2D eigenvalue weighted by Gasteiger charge is 2.29. The van der Waals surface area contributed by atoms with Crippen LogP contribution in [0.1, 0.15) is 41.9 Å². The minimum absolute atomic E-state index is 0.0244. The molecule has 4 rings (SSSR count). The van der Waals surface area contributed by atoms with Gasteiger partial charge in [-0.1, -0.05) is 11.6 Å². The van der Waals surface area contributed by atoms with E-state index in [2.05, 4.69) is 15.1 Å². The van der Waals surface area contributed by atoms with Crippen molar-refractivity contribution < 1.29 is 26.9 Å². The first-order valence-corrected chi connectivity index (χ1v) is 12.1. The summed E-state index contributed by atoms with van der Waals surface area (Å²) in [5.74, 6) is -0.810. The average molecular weight is 475 g/mol. The largest absolute Gasteiger partial charge is 0.462 e. The number of carbonyl (C=O) groups is 1. The minimum atomic E-state index is -4.01. The van der Waals surface area contributed by atoms with Crippen LogP contribution in [-0.4, -0.2) is 53.5 Å². The molecule has 0 N–H and O–H groups in total. The van der Waals surface area contributed by atoms with Crippen molar-refractivity contribution in [3.05, 3.63) is 60.0 Å². The Hall–Kier alpha value is -3.18. The van der Waals surface area contributed by atoms with Gasteiger partial charge >= 0.3 is 5.97 Å². The van der Waals surface area contributed by atoms with E-state index in [4.69, 9.17) is 9.26 Å². The van der Waals surface area contributed by atoms with E-state index in [9.17, 15) is 17.6 Å². The average Bonchev–Trinajstić information content (AvgIpc) is 3.32. The summed E-state index contributed by atoms with van der Waals surface area (Å²) in [6.45, 7) is 0.734. The fourth-order valence-corrected chi connectivity index (χ4v) is 5.12. The van der Waals surface area contributed by atoms with Crippen molar-refractivity contribution in [3.8, 4) is 11.4 Å². The second-order valence-electron chi connectivity index (χ2n) is 7.60. The summed E-state index contributed by atoms with van der Waals surface area (Å²) >= 11 is 0. The van der Waals surface area contributed by atoms with E-state index in [-0.39, 0.29) is 12.2 Å². The summed E-state index contributed by atoms with van der Waals surface area (Å²) in [5.41, 5.74) is 0.703. The molecule has 1 fully saturated rings. The number of sulfonamides is 1. The number of hydrogen-bond donors (Lipinski definition) is 0. The van der Waals surface area contributed by atoms with Crippen LogP contribution in [0.15, 0.2) is 52.1 Å². The minimum Gasteiger partial charge on any atom is -0.462 e. The number of pyridine rings is 1. The molecule has 0 unspecified atom stereocenters. The van der Waals surface area contributed by atoms with Gasteiger partial charge in [0.05, 0.1) is 12.2 Å². The summed E-state index contributed by atoms with van der Waals surface area (Å²) < 4.78 is 51.6. The number of piperidine rings is 1. The van der Waals surface area contributed by atoms with Gasteiger partial charge in [-0.05, 0) is 49.6 Å². The molecule has 1 aromatic carbocycles. The zero-order chi connectivity index (χ0) is 23.3. The Balaban J connectivity index is 1.33. The Kier molecular flexibility index (Phi) is 7.09. The smallest absolute Gasteiger partial charge is 0.338 e. The third-order valence-electron chi connectivity index (χ3n) is 5.26. The molecular weight excluding hydrogens is 451 g/mol. The molecule has 174 valence electrons. The quantitative estimate of drug-likeness (QED) is 0.361. The number of ether oxygens (including phenoxy) is 1. The second-order valence-corrected chi connectivity index (χ2v) is 9.51. The van der Waals surface area contributed by atoms with Gasteiger partial charge in [-0.3, -0.25) is 4.98 Å². The van der Waals surface area contributed by atoms with Gasteiger partial charge in [0, 0.05) is 37.5 Å². The van der Waals surface area contributed by atoms with Crippen LogP contribution in [0.5, 0.6) is 0 Å². The van der Waals surface area contributed by atoms with Crippen LogP contribution in [0.3, 0.4) is 0 Å². The summed E-state index contributed by atoms with van der Waals surface area (Å²) in [6, 6.07) is 6.81. The molecule has 0 saturated carbocycles. The molecule has 2 aromatic heterocycles. The summed E-state index contributed by atoms with van der Waals surface area (Å²) in [4.78, 5) is 20.2. The number of benzene rings is 1. The maximum atomic E-state index is 14.3. The van der Waals surface area contributed by atoms with Gasteiger partial charge in [0.25, 0.3) is 0 Å². The summed E-state index contributed by atoms with van der Waals surface area (Å²) in [5, 5.41) is 3.90. The molecular formula is C22H23FN4O5S. The number of rotatable bonds is 8. The zero-order valence-electron chi connectivity index (χ0n) is 17.8. The number of nitrogens with zero attached hydrogens (tertiary/aromatic N) is 4. The SMILES string of the molecule is O=C(OCCCc1nc(-c2cccnc2)no1)c1ccc(F)c(S(=O)(=O)N2CCCCC2)c1. The normalized spacial score (nSPS) is 14.8. The Morgan fingerprint density at radius 3 is 2.76 bits per heavy atom. The van der Waals surface area contributed by atoms with E-state index in [1.165, 1.54) is 10.4 Å². The van der Waals surface area contributed by atoms with Crippen LogP contribution in [0.4, 0.5) is 4.39 Å². The molecule has 1 aliphatic rings. The van der Waals surface area contributed by atoms with Crippen molar-refractivity contribution in [2.24, 2.45) is 0 Å². The van der Waals surface area contributed by atoms with Crippen LogP contribution in [0.2, 0.25) is 0 Å². The maximum Gasteiger partial charge on any atom is 0.338 e. The van der Waals surface area contributed by atoms with E-state index >= 15 is 0 Å². The number of aromatic nitrogens is 3. The van der Waals surface area contributed by atoms with Gasteiger partial charge in [-0.15, -0.1) is 0 Å². The lowest BCUT2D eigenvalue weighted by atomic mass is 10.2.